The first-order chi connectivity index (χ1) is 14.0. The number of nitrogens with zero attached hydrogens (tertiary/aromatic N) is 1. The van der Waals surface area contributed by atoms with Gasteiger partial charge in [0, 0.05) is 6.07 Å². The number of urea groups is 1. The number of hydrogen-bond acceptors (Lipinski definition) is 5. The average Bonchev–Trinajstić information content (AvgIpc) is 3.21. The van der Waals surface area contributed by atoms with Gasteiger partial charge in [0.15, 0.2) is 0 Å². The molecule has 1 heterocycles. The number of carbonyl (C=O) groups excluding carboxylic acids is 3. The van der Waals surface area contributed by atoms with Crippen molar-refractivity contribution in [2.75, 3.05) is 26.1 Å². The minimum Gasteiger partial charge on any atom is -0.497 e. The van der Waals surface area contributed by atoms with Crippen LogP contribution in [0, 0.1) is 0 Å². The average molecular weight is 395 g/mol. The number of aryl methyl sites for hydroxylation is 1. The van der Waals surface area contributed by atoms with Crippen LogP contribution >= 0.6 is 0 Å². The molecule has 4 amide bonds. The lowest BCUT2D eigenvalue weighted by Crippen LogP contribution is -2.43. The molecule has 2 N–H and O–H groups in total. The fourth-order valence-electron chi connectivity index (χ4n) is 3.98. The highest BCUT2D eigenvalue weighted by atomic mass is 16.5. The van der Waals surface area contributed by atoms with Crippen molar-refractivity contribution in [2.24, 2.45) is 0 Å². The summed E-state index contributed by atoms with van der Waals surface area (Å²) in [6.07, 6.45) is 1.18. The molecule has 1 spiro atoms. The molecular weight excluding hydrogens is 374 g/mol. The fraction of sp³-hybridized carbons (Fsp3) is 0.286. The molecule has 0 saturated carbocycles. The second kappa shape index (κ2) is 7.12. The third-order valence-electron chi connectivity index (χ3n) is 5.40. The van der Waals surface area contributed by atoms with E-state index >= 15 is 0 Å². The number of ether oxygens (including phenoxy) is 2. The van der Waals surface area contributed by atoms with Crippen LogP contribution in [0.4, 0.5) is 10.5 Å². The number of carbonyl (C=O) groups is 3. The van der Waals surface area contributed by atoms with Gasteiger partial charge in [-0.05, 0) is 36.1 Å². The summed E-state index contributed by atoms with van der Waals surface area (Å²) in [4.78, 5) is 39.2. The zero-order valence-corrected chi connectivity index (χ0v) is 16.2. The standard InChI is InChI=1S/C21H21N3O5/c1-28-14-7-8-17(29-2)16(11-14)22-18(25)12-24-19(26)21(23-20(24)27)10-9-13-5-3-4-6-15(13)21/h3-8,11H,9-10,12H2,1-2H3,(H,22,25)(H,23,27)/t21-/m0/s1. The van der Waals surface area contributed by atoms with E-state index in [0.29, 0.717) is 30.0 Å². The zero-order chi connectivity index (χ0) is 20.6. The molecule has 8 heteroatoms. The molecular formula is C21H21N3O5. The normalized spacial score (nSPS) is 19.9. The second-order valence-corrected chi connectivity index (χ2v) is 7.00. The monoisotopic (exact) mass is 395 g/mol. The van der Waals surface area contributed by atoms with Crippen LogP contribution in [-0.2, 0) is 21.5 Å². The lowest BCUT2D eigenvalue weighted by Gasteiger charge is -2.22. The Labute approximate surface area is 167 Å². The Kier molecular flexibility index (Phi) is 4.62. The molecule has 2 aromatic carbocycles. The number of benzene rings is 2. The van der Waals surface area contributed by atoms with E-state index in [0.717, 1.165) is 16.0 Å². The molecule has 0 aromatic heterocycles. The molecule has 0 radical (unpaired) electrons. The van der Waals surface area contributed by atoms with Gasteiger partial charge in [-0.1, -0.05) is 24.3 Å². The smallest absolute Gasteiger partial charge is 0.325 e. The minimum atomic E-state index is -1.08. The Morgan fingerprint density at radius 1 is 1.17 bits per heavy atom. The number of rotatable bonds is 5. The van der Waals surface area contributed by atoms with E-state index in [-0.39, 0.29) is 0 Å². The van der Waals surface area contributed by atoms with Crippen LogP contribution in [0.5, 0.6) is 11.5 Å². The summed E-state index contributed by atoms with van der Waals surface area (Å²) in [7, 11) is 3.00. The summed E-state index contributed by atoms with van der Waals surface area (Å²) >= 11 is 0. The Bertz CT molecular complexity index is 1010. The first-order valence-electron chi connectivity index (χ1n) is 9.23. The molecule has 2 aliphatic rings. The van der Waals surface area contributed by atoms with Crippen LogP contribution < -0.4 is 20.1 Å². The van der Waals surface area contributed by atoms with Gasteiger partial charge in [-0.3, -0.25) is 14.5 Å². The molecule has 1 saturated heterocycles. The largest absolute Gasteiger partial charge is 0.497 e. The number of anilines is 1. The molecule has 1 atom stereocenters. The van der Waals surface area contributed by atoms with Crippen molar-refractivity contribution < 1.29 is 23.9 Å². The van der Waals surface area contributed by atoms with Crippen molar-refractivity contribution in [2.45, 2.75) is 18.4 Å². The lowest BCUT2D eigenvalue weighted by molar-refractivity contribution is -0.134. The highest BCUT2D eigenvalue weighted by molar-refractivity contribution is 6.11. The fourth-order valence-corrected chi connectivity index (χ4v) is 3.98. The first kappa shape index (κ1) is 18.8. The van der Waals surface area contributed by atoms with E-state index < -0.39 is 29.9 Å². The van der Waals surface area contributed by atoms with Crippen LogP contribution in [0.1, 0.15) is 17.5 Å². The van der Waals surface area contributed by atoms with E-state index in [4.69, 9.17) is 9.47 Å². The molecule has 1 aliphatic carbocycles. The number of methoxy groups -OCH3 is 2. The summed E-state index contributed by atoms with van der Waals surface area (Å²) in [5.41, 5.74) is 1.15. The molecule has 29 heavy (non-hydrogen) atoms. The van der Waals surface area contributed by atoms with Crippen molar-refractivity contribution in [3.8, 4) is 11.5 Å². The maximum Gasteiger partial charge on any atom is 0.325 e. The van der Waals surface area contributed by atoms with Gasteiger partial charge in [0.05, 0.1) is 19.9 Å². The lowest BCUT2D eigenvalue weighted by atomic mass is 9.92. The summed E-state index contributed by atoms with van der Waals surface area (Å²) < 4.78 is 10.4. The van der Waals surface area contributed by atoms with Crippen LogP contribution in [0.2, 0.25) is 0 Å². The molecule has 2 aromatic rings. The number of amides is 4. The van der Waals surface area contributed by atoms with Gasteiger partial charge in [0.1, 0.15) is 23.6 Å². The number of nitrogens with one attached hydrogen (secondary N) is 2. The van der Waals surface area contributed by atoms with Crippen molar-refractivity contribution >= 4 is 23.5 Å². The molecule has 0 unspecified atom stereocenters. The number of imide groups is 1. The topological polar surface area (TPSA) is 97.0 Å². The highest BCUT2D eigenvalue weighted by Gasteiger charge is 2.55. The van der Waals surface area contributed by atoms with E-state index in [1.807, 2.05) is 24.3 Å². The van der Waals surface area contributed by atoms with E-state index in [1.54, 1.807) is 18.2 Å². The van der Waals surface area contributed by atoms with Crippen molar-refractivity contribution in [3.63, 3.8) is 0 Å². The predicted octanol–water partition coefficient (Wildman–Crippen LogP) is 2.04. The Hall–Kier alpha value is -3.55. The Morgan fingerprint density at radius 3 is 2.72 bits per heavy atom. The Balaban J connectivity index is 1.53. The van der Waals surface area contributed by atoms with Gasteiger partial charge < -0.3 is 20.1 Å². The van der Waals surface area contributed by atoms with Gasteiger partial charge in [-0.15, -0.1) is 0 Å². The zero-order valence-electron chi connectivity index (χ0n) is 16.2. The third kappa shape index (κ3) is 3.06. The van der Waals surface area contributed by atoms with Crippen LogP contribution in [0.15, 0.2) is 42.5 Å². The predicted molar refractivity (Wildman–Crippen MR) is 105 cm³/mol. The van der Waals surface area contributed by atoms with E-state index in [1.165, 1.54) is 14.2 Å². The quantitative estimate of drug-likeness (QED) is 0.755. The highest BCUT2D eigenvalue weighted by Crippen LogP contribution is 2.41. The molecule has 1 aliphatic heterocycles. The maximum atomic E-state index is 13.1. The molecule has 1 fully saturated rings. The molecule has 8 nitrogen and oxygen atoms in total. The van der Waals surface area contributed by atoms with Gasteiger partial charge in [0.25, 0.3) is 5.91 Å². The van der Waals surface area contributed by atoms with Gasteiger partial charge in [-0.25, -0.2) is 4.79 Å². The van der Waals surface area contributed by atoms with Crippen LogP contribution in [0.3, 0.4) is 0 Å². The number of hydrogen-bond donors (Lipinski definition) is 2. The second-order valence-electron chi connectivity index (χ2n) is 7.00. The van der Waals surface area contributed by atoms with Crippen molar-refractivity contribution in [1.82, 2.24) is 10.2 Å². The van der Waals surface area contributed by atoms with Crippen molar-refractivity contribution in [3.05, 3.63) is 53.6 Å². The van der Waals surface area contributed by atoms with Gasteiger partial charge in [-0.2, -0.15) is 0 Å². The van der Waals surface area contributed by atoms with Crippen LogP contribution in [-0.4, -0.2) is 43.5 Å². The molecule has 4 rings (SSSR count). The summed E-state index contributed by atoms with van der Waals surface area (Å²) in [5.74, 6) is 0.0683. The summed E-state index contributed by atoms with van der Waals surface area (Å²) in [6, 6.07) is 12.0. The molecule has 150 valence electrons. The SMILES string of the molecule is COc1ccc(OC)c(NC(=O)CN2C(=O)N[C@]3(CCc4ccccc43)C2=O)c1. The first-order valence-corrected chi connectivity index (χ1v) is 9.23. The van der Waals surface area contributed by atoms with Gasteiger partial charge >= 0.3 is 6.03 Å². The third-order valence-corrected chi connectivity index (χ3v) is 5.40. The van der Waals surface area contributed by atoms with Gasteiger partial charge in [0.2, 0.25) is 5.91 Å². The number of fused-ring (bicyclic) bond motifs is 2. The van der Waals surface area contributed by atoms with Crippen molar-refractivity contribution in [1.29, 1.82) is 0 Å². The Morgan fingerprint density at radius 2 is 1.97 bits per heavy atom. The summed E-state index contributed by atoms with van der Waals surface area (Å²) in [5, 5.41) is 5.49. The minimum absolute atomic E-state index is 0.393. The maximum absolute atomic E-state index is 13.1. The summed E-state index contributed by atoms with van der Waals surface area (Å²) in [6.45, 7) is -0.394. The van der Waals surface area contributed by atoms with E-state index in [2.05, 4.69) is 10.6 Å². The molecule has 0 bridgehead atoms. The van der Waals surface area contributed by atoms with Crippen LogP contribution in [0.25, 0.3) is 0 Å². The van der Waals surface area contributed by atoms with E-state index in [9.17, 15) is 14.4 Å².